The van der Waals surface area contributed by atoms with Gasteiger partial charge in [-0.3, -0.25) is 9.36 Å². The van der Waals surface area contributed by atoms with E-state index in [0.717, 1.165) is 16.9 Å². The quantitative estimate of drug-likeness (QED) is 0.539. The number of carbonyl (C=O) groups excluding carboxylic acids is 1. The number of benzene rings is 3. The van der Waals surface area contributed by atoms with E-state index in [0.29, 0.717) is 16.8 Å². The van der Waals surface area contributed by atoms with Crippen molar-refractivity contribution in [2.75, 3.05) is 12.4 Å². The van der Waals surface area contributed by atoms with Gasteiger partial charge in [-0.1, -0.05) is 42.5 Å². The van der Waals surface area contributed by atoms with Crippen molar-refractivity contribution in [3.63, 3.8) is 0 Å². The lowest BCUT2D eigenvalue weighted by Crippen LogP contribution is -2.13. The highest BCUT2D eigenvalue weighted by Gasteiger charge is 2.17. The lowest BCUT2D eigenvalue weighted by Gasteiger charge is -2.12. The molecule has 0 spiro atoms. The first-order valence-electron chi connectivity index (χ1n) is 8.54. The highest BCUT2D eigenvalue weighted by Crippen LogP contribution is 2.41. The van der Waals surface area contributed by atoms with Gasteiger partial charge in [-0.05, 0) is 47.0 Å². The average molecular weight is 397 g/mol. The second kappa shape index (κ2) is 8.40. The van der Waals surface area contributed by atoms with Crippen LogP contribution in [0.4, 0.5) is 5.69 Å². The lowest BCUT2D eigenvalue weighted by molar-refractivity contribution is 0.102. The minimum absolute atomic E-state index is 0.348. The van der Waals surface area contributed by atoms with Crippen molar-refractivity contribution in [1.29, 1.82) is 0 Å². The van der Waals surface area contributed by atoms with Crippen LogP contribution >= 0.6 is 7.60 Å². The summed E-state index contributed by atoms with van der Waals surface area (Å²) < 4.78 is 16.4. The van der Waals surface area contributed by atoms with E-state index in [1.807, 2.05) is 36.4 Å². The van der Waals surface area contributed by atoms with E-state index in [2.05, 4.69) is 5.32 Å². The monoisotopic (exact) mass is 397 g/mol. The van der Waals surface area contributed by atoms with Gasteiger partial charge in [0.1, 0.15) is 5.75 Å². The second-order valence-corrected chi connectivity index (χ2v) is 7.89. The van der Waals surface area contributed by atoms with E-state index in [4.69, 9.17) is 4.74 Å². The van der Waals surface area contributed by atoms with Crippen LogP contribution in [0.1, 0.15) is 15.9 Å². The molecule has 0 unspecified atom stereocenters. The van der Waals surface area contributed by atoms with E-state index in [1.54, 1.807) is 43.5 Å². The Bertz CT molecular complexity index is 1010. The Morgan fingerprint density at radius 1 is 0.929 bits per heavy atom. The summed E-state index contributed by atoms with van der Waals surface area (Å²) in [5.41, 5.74) is 3.18. The van der Waals surface area contributed by atoms with Gasteiger partial charge in [0.05, 0.1) is 13.3 Å². The van der Waals surface area contributed by atoms with Crippen molar-refractivity contribution < 1.29 is 23.9 Å². The van der Waals surface area contributed by atoms with Gasteiger partial charge in [-0.25, -0.2) is 0 Å². The summed E-state index contributed by atoms with van der Waals surface area (Å²) in [5.74, 6) is 0.424. The summed E-state index contributed by atoms with van der Waals surface area (Å²) in [6, 6.07) is 21.3. The molecule has 28 heavy (non-hydrogen) atoms. The van der Waals surface area contributed by atoms with Crippen molar-refractivity contribution in [3.8, 4) is 16.9 Å². The van der Waals surface area contributed by atoms with Crippen LogP contribution in [0.2, 0.25) is 0 Å². The molecule has 0 saturated carbocycles. The first-order valence-corrected chi connectivity index (χ1v) is 10.3. The maximum Gasteiger partial charge on any atom is 0.329 e. The fourth-order valence-corrected chi connectivity index (χ4v) is 3.51. The molecule has 7 heteroatoms. The highest BCUT2D eigenvalue weighted by molar-refractivity contribution is 7.50. The average Bonchev–Trinajstić information content (AvgIpc) is 2.68. The lowest BCUT2D eigenvalue weighted by atomic mass is 10.0. The highest BCUT2D eigenvalue weighted by atomic mass is 31.2. The smallest absolute Gasteiger partial charge is 0.329 e. The number of anilines is 1. The standard InChI is InChI=1S/C21H20NO5P/c1-27-19-12-10-16(11-13-19)15-6-8-17(9-7-15)21(23)22-20-5-3-2-4-18(20)14-28(24,25)26/h2-13H,14H2,1H3,(H,22,23)(H2,24,25,26). The van der Waals surface area contributed by atoms with Crippen LogP contribution in [-0.2, 0) is 10.7 Å². The van der Waals surface area contributed by atoms with Gasteiger partial charge in [-0.15, -0.1) is 0 Å². The summed E-state index contributed by atoms with van der Waals surface area (Å²) in [7, 11) is -2.63. The molecule has 3 rings (SSSR count). The number of rotatable bonds is 6. The molecule has 3 N–H and O–H groups in total. The number of hydrogen-bond donors (Lipinski definition) is 3. The minimum atomic E-state index is -4.24. The Morgan fingerprint density at radius 3 is 2.07 bits per heavy atom. The number of nitrogens with one attached hydrogen (secondary N) is 1. The molecule has 144 valence electrons. The Morgan fingerprint density at radius 2 is 1.50 bits per heavy atom. The summed E-state index contributed by atoms with van der Waals surface area (Å²) in [4.78, 5) is 31.0. The third-order valence-electron chi connectivity index (χ3n) is 4.21. The van der Waals surface area contributed by atoms with Crippen LogP contribution in [0.5, 0.6) is 5.75 Å². The van der Waals surface area contributed by atoms with Crippen molar-refractivity contribution in [3.05, 3.63) is 83.9 Å². The van der Waals surface area contributed by atoms with Crippen molar-refractivity contribution in [1.82, 2.24) is 0 Å². The van der Waals surface area contributed by atoms with E-state index in [9.17, 15) is 19.1 Å². The molecule has 0 aliphatic heterocycles. The molecule has 0 heterocycles. The fourth-order valence-electron chi connectivity index (χ4n) is 2.79. The number of amides is 1. The van der Waals surface area contributed by atoms with Gasteiger partial charge in [0.2, 0.25) is 0 Å². The second-order valence-electron chi connectivity index (χ2n) is 6.24. The van der Waals surface area contributed by atoms with Gasteiger partial charge in [0.15, 0.2) is 0 Å². The summed E-state index contributed by atoms with van der Waals surface area (Å²) in [6.45, 7) is 0. The van der Waals surface area contributed by atoms with Crippen LogP contribution in [0.25, 0.3) is 11.1 Å². The third kappa shape index (κ3) is 5.08. The number of methoxy groups -OCH3 is 1. The molecule has 3 aromatic carbocycles. The number of carbonyl (C=O) groups is 1. The molecule has 0 radical (unpaired) electrons. The van der Waals surface area contributed by atoms with Crippen LogP contribution in [0.15, 0.2) is 72.8 Å². The van der Waals surface area contributed by atoms with Gasteiger partial charge >= 0.3 is 7.60 Å². The molecule has 0 aliphatic carbocycles. The SMILES string of the molecule is COc1ccc(-c2ccc(C(=O)Nc3ccccc3CP(=O)(O)O)cc2)cc1. The van der Waals surface area contributed by atoms with Crippen molar-refractivity contribution in [2.45, 2.75) is 6.16 Å². The normalized spacial score (nSPS) is 11.1. The van der Waals surface area contributed by atoms with Crippen LogP contribution in [0, 0.1) is 0 Å². The molecule has 0 atom stereocenters. The van der Waals surface area contributed by atoms with Gasteiger partial charge < -0.3 is 19.8 Å². The fraction of sp³-hybridized carbons (Fsp3) is 0.0952. The van der Waals surface area contributed by atoms with Gasteiger partial charge in [0, 0.05) is 11.3 Å². The number of ether oxygens (including phenoxy) is 1. The summed E-state index contributed by atoms with van der Waals surface area (Å²) >= 11 is 0. The molecule has 1 amide bonds. The molecule has 0 aliphatic rings. The molecule has 0 saturated heterocycles. The first kappa shape index (κ1) is 19.8. The molecule has 0 aromatic heterocycles. The molecule has 0 bridgehead atoms. The van der Waals surface area contributed by atoms with E-state index in [-0.39, 0.29) is 5.91 Å². The Kier molecular flexibility index (Phi) is 5.95. The molecular formula is C21H20NO5P. The number of hydrogen-bond acceptors (Lipinski definition) is 3. The third-order valence-corrected chi connectivity index (χ3v) is 4.96. The van der Waals surface area contributed by atoms with E-state index >= 15 is 0 Å². The molecule has 3 aromatic rings. The zero-order valence-corrected chi connectivity index (χ0v) is 16.1. The number of para-hydroxylation sites is 1. The van der Waals surface area contributed by atoms with Crippen LogP contribution in [0.3, 0.4) is 0 Å². The molecule has 0 fully saturated rings. The summed E-state index contributed by atoms with van der Waals surface area (Å²) in [6.07, 6.45) is -0.431. The van der Waals surface area contributed by atoms with Crippen molar-refractivity contribution in [2.24, 2.45) is 0 Å². The predicted molar refractivity (Wildman–Crippen MR) is 109 cm³/mol. The topological polar surface area (TPSA) is 95.9 Å². The van der Waals surface area contributed by atoms with E-state index < -0.39 is 13.8 Å². The Hall–Kier alpha value is -2.92. The zero-order valence-electron chi connectivity index (χ0n) is 15.2. The first-order chi connectivity index (χ1) is 13.4. The maximum atomic E-state index is 12.5. The predicted octanol–water partition coefficient (Wildman–Crippen LogP) is 4.29. The Balaban J connectivity index is 1.76. The van der Waals surface area contributed by atoms with Crippen LogP contribution < -0.4 is 10.1 Å². The molecular weight excluding hydrogens is 377 g/mol. The van der Waals surface area contributed by atoms with Gasteiger partial charge in [-0.2, -0.15) is 0 Å². The minimum Gasteiger partial charge on any atom is -0.497 e. The van der Waals surface area contributed by atoms with Crippen molar-refractivity contribution >= 4 is 19.2 Å². The zero-order chi connectivity index (χ0) is 20.1. The van der Waals surface area contributed by atoms with Gasteiger partial charge in [0.25, 0.3) is 5.91 Å². The molecule has 6 nitrogen and oxygen atoms in total. The van der Waals surface area contributed by atoms with E-state index in [1.165, 1.54) is 0 Å². The summed E-state index contributed by atoms with van der Waals surface area (Å²) in [5, 5.41) is 2.72. The largest absolute Gasteiger partial charge is 0.497 e. The Labute approximate surface area is 163 Å². The van der Waals surface area contributed by atoms with Crippen LogP contribution in [-0.4, -0.2) is 22.8 Å². The maximum absolute atomic E-state index is 12.5.